The molecule has 1 aromatic heterocycles. The van der Waals surface area contributed by atoms with Crippen LogP contribution in [0.2, 0.25) is 5.02 Å². The number of likely N-dealkylation sites (tertiary alicyclic amines) is 1. The number of hydrogen-bond acceptors (Lipinski definition) is 4. The fourth-order valence-electron chi connectivity index (χ4n) is 3.01. The highest BCUT2D eigenvalue weighted by molar-refractivity contribution is 6.32. The predicted molar refractivity (Wildman–Crippen MR) is 101 cm³/mol. The first-order valence-electron chi connectivity index (χ1n) is 8.50. The van der Waals surface area contributed by atoms with Gasteiger partial charge in [0.1, 0.15) is 6.54 Å². The van der Waals surface area contributed by atoms with Crippen LogP contribution in [0.25, 0.3) is 17.1 Å². The minimum atomic E-state index is -0.495. The SMILES string of the molecule is O=C(Cn1c(-c2ccccc2)nn(-c2ccccc2Cl)c1=O)N1CC(O)C1. The number of rotatable bonds is 4. The summed E-state index contributed by atoms with van der Waals surface area (Å²) in [6.07, 6.45) is -0.495. The molecule has 1 amide bonds. The van der Waals surface area contributed by atoms with Crippen LogP contribution >= 0.6 is 11.6 Å². The Bertz CT molecular complexity index is 1040. The highest BCUT2D eigenvalue weighted by atomic mass is 35.5. The van der Waals surface area contributed by atoms with Gasteiger partial charge in [-0.1, -0.05) is 54.1 Å². The molecule has 0 radical (unpaired) electrons. The van der Waals surface area contributed by atoms with E-state index < -0.39 is 11.8 Å². The van der Waals surface area contributed by atoms with E-state index in [2.05, 4.69) is 5.10 Å². The first kappa shape index (κ1) is 17.5. The van der Waals surface area contributed by atoms with Gasteiger partial charge in [-0.3, -0.25) is 9.36 Å². The molecule has 1 saturated heterocycles. The van der Waals surface area contributed by atoms with E-state index in [9.17, 15) is 14.7 Å². The Morgan fingerprint density at radius 3 is 2.44 bits per heavy atom. The monoisotopic (exact) mass is 384 g/mol. The average Bonchev–Trinajstić information content (AvgIpc) is 2.97. The van der Waals surface area contributed by atoms with Crippen molar-refractivity contribution in [2.45, 2.75) is 12.6 Å². The zero-order chi connectivity index (χ0) is 19.0. The van der Waals surface area contributed by atoms with E-state index in [1.54, 1.807) is 24.3 Å². The van der Waals surface area contributed by atoms with Gasteiger partial charge in [0.25, 0.3) is 0 Å². The van der Waals surface area contributed by atoms with E-state index in [0.29, 0.717) is 16.5 Å². The van der Waals surface area contributed by atoms with Crippen molar-refractivity contribution in [2.24, 2.45) is 0 Å². The van der Waals surface area contributed by atoms with Crippen molar-refractivity contribution < 1.29 is 9.90 Å². The van der Waals surface area contributed by atoms with Gasteiger partial charge in [-0.25, -0.2) is 4.79 Å². The summed E-state index contributed by atoms with van der Waals surface area (Å²) in [4.78, 5) is 27.0. The summed E-state index contributed by atoms with van der Waals surface area (Å²) >= 11 is 6.23. The molecule has 0 atom stereocenters. The summed E-state index contributed by atoms with van der Waals surface area (Å²) in [6, 6.07) is 16.1. The maximum Gasteiger partial charge on any atom is 0.351 e. The van der Waals surface area contributed by atoms with Crippen molar-refractivity contribution in [3.8, 4) is 17.1 Å². The fourth-order valence-corrected chi connectivity index (χ4v) is 3.23. The van der Waals surface area contributed by atoms with E-state index >= 15 is 0 Å². The molecule has 138 valence electrons. The maximum atomic E-state index is 13.0. The van der Waals surface area contributed by atoms with Gasteiger partial charge in [-0.15, -0.1) is 5.10 Å². The van der Waals surface area contributed by atoms with Crippen molar-refractivity contribution >= 4 is 17.5 Å². The number of halogens is 1. The Balaban J connectivity index is 1.79. The lowest BCUT2D eigenvalue weighted by Crippen LogP contribution is -2.54. The Hall–Kier alpha value is -2.90. The zero-order valence-electron chi connectivity index (χ0n) is 14.3. The van der Waals surface area contributed by atoms with Crippen LogP contribution in [-0.4, -0.2) is 49.5 Å². The standard InChI is InChI=1S/C19H17ClN4O3/c20-15-8-4-5-9-16(15)24-19(27)23(12-17(26)22-10-14(25)11-22)18(21-24)13-6-2-1-3-7-13/h1-9,14,25H,10-12H2. The van der Waals surface area contributed by atoms with Crippen LogP contribution in [-0.2, 0) is 11.3 Å². The maximum absolute atomic E-state index is 13.0. The number of nitrogens with zero attached hydrogens (tertiary/aromatic N) is 4. The number of benzene rings is 2. The Morgan fingerprint density at radius 1 is 1.11 bits per heavy atom. The lowest BCUT2D eigenvalue weighted by atomic mass is 10.1. The van der Waals surface area contributed by atoms with E-state index in [1.165, 1.54) is 14.1 Å². The third-order valence-electron chi connectivity index (χ3n) is 4.48. The first-order chi connectivity index (χ1) is 13.0. The smallest absolute Gasteiger partial charge is 0.351 e. The number of para-hydroxylation sites is 1. The van der Waals surface area contributed by atoms with Crippen molar-refractivity contribution in [1.29, 1.82) is 0 Å². The molecule has 1 N–H and O–H groups in total. The molecule has 0 spiro atoms. The van der Waals surface area contributed by atoms with E-state index in [-0.39, 0.29) is 25.5 Å². The van der Waals surface area contributed by atoms with Crippen LogP contribution in [0.1, 0.15) is 0 Å². The number of carbonyl (C=O) groups is 1. The second kappa shape index (κ2) is 7.02. The molecule has 2 heterocycles. The van der Waals surface area contributed by atoms with Gasteiger partial charge < -0.3 is 10.0 Å². The third-order valence-corrected chi connectivity index (χ3v) is 4.80. The molecule has 7 nitrogen and oxygen atoms in total. The van der Waals surface area contributed by atoms with Gasteiger partial charge >= 0.3 is 5.69 Å². The molecular formula is C19H17ClN4O3. The Labute approximate surface area is 160 Å². The van der Waals surface area contributed by atoms with Crippen molar-refractivity contribution in [3.05, 3.63) is 70.1 Å². The van der Waals surface area contributed by atoms with Crippen LogP contribution < -0.4 is 5.69 Å². The summed E-state index contributed by atoms with van der Waals surface area (Å²) < 4.78 is 2.55. The number of aliphatic hydroxyl groups excluding tert-OH is 1. The molecule has 0 saturated carbocycles. The minimum absolute atomic E-state index is 0.153. The lowest BCUT2D eigenvalue weighted by molar-refractivity contribution is -0.141. The number of β-amino-alcohol motifs (C(OH)–C–C–N with tert-alkyl or cyclic N) is 1. The largest absolute Gasteiger partial charge is 0.389 e. The van der Waals surface area contributed by atoms with Crippen molar-refractivity contribution in [1.82, 2.24) is 19.2 Å². The van der Waals surface area contributed by atoms with Crippen LogP contribution in [0, 0.1) is 0 Å². The number of amides is 1. The van der Waals surface area contributed by atoms with Crippen LogP contribution in [0.3, 0.4) is 0 Å². The van der Waals surface area contributed by atoms with Gasteiger partial charge in [0.2, 0.25) is 5.91 Å². The topological polar surface area (TPSA) is 80.4 Å². The molecule has 27 heavy (non-hydrogen) atoms. The van der Waals surface area contributed by atoms with Crippen LogP contribution in [0.4, 0.5) is 0 Å². The molecule has 0 aliphatic carbocycles. The number of carbonyl (C=O) groups excluding carboxylic acids is 1. The average molecular weight is 385 g/mol. The molecule has 2 aromatic carbocycles. The van der Waals surface area contributed by atoms with Gasteiger partial charge in [0, 0.05) is 18.7 Å². The normalized spacial score (nSPS) is 14.2. The van der Waals surface area contributed by atoms with Crippen LogP contribution in [0.5, 0.6) is 0 Å². The van der Waals surface area contributed by atoms with Crippen molar-refractivity contribution in [3.63, 3.8) is 0 Å². The molecule has 1 fully saturated rings. The summed E-state index contributed by atoms with van der Waals surface area (Å²) in [7, 11) is 0. The molecular weight excluding hydrogens is 368 g/mol. The summed E-state index contributed by atoms with van der Waals surface area (Å²) in [5, 5.41) is 14.2. The van der Waals surface area contributed by atoms with Crippen LogP contribution in [0.15, 0.2) is 59.4 Å². The quantitative estimate of drug-likeness (QED) is 0.740. The predicted octanol–water partition coefficient (Wildman–Crippen LogP) is 1.56. The number of aromatic nitrogens is 3. The van der Waals surface area contributed by atoms with E-state index in [1.807, 2.05) is 30.3 Å². The van der Waals surface area contributed by atoms with Gasteiger partial charge in [0.15, 0.2) is 5.82 Å². The molecule has 1 aliphatic rings. The van der Waals surface area contributed by atoms with Crippen molar-refractivity contribution in [2.75, 3.05) is 13.1 Å². The van der Waals surface area contributed by atoms with Gasteiger partial charge in [0.05, 0.1) is 16.8 Å². The van der Waals surface area contributed by atoms with E-state index in [0.717, 1.165) is 5.56 Å². The van der Waals surface area contributed by atoms with Gasteiger partial charge in [-0.2, -0.15) is 4.68 Å². The summed E-state index contributed by atoms with van der Waals surface area (Å²) in [5.41, 5.74) is 0.722. The molecule has 1 aliphatic heterocycles. The zero-order valence-corrected chi connectivity index (χ0v) is 15.1. The minimum Gasteiger partial charge on any atom is -0.389 e. The molecule has 0 bridgehead atoms. The molecule has 8 heteroatoms. The second-order valence-corrected chi connectivity index (χ2v) is 6.78. The number of hydrogen-bond donors (Lipinski definition) is 1. The summed E-state index contributed by atoms with van der Waals surface area (Å²) in [6.45, 7) is 0.417. The summed E-state index contributed by atoms with van der Waals surface area (Å²) in [5.74, 6) is 0.147. The highest BCUT2D eigenvalue weighted by Crippen LogP contribution is 2.21. The second-order valence-electron chi connectivity index (χ2n) is 6.37. The molecule has 3 aromatic rings. The molecule has 4 rings (SSSR count). The lowest BCUT2D eigenvalue weighted by Gasteiger charge is -2.35. The first-order valence-corrected chi connectivity index (χ1v) is 8.88. The highest BCUT2D eigenvalue weighted by Gasteiger charge is 2.30. The van der Waals surface area contributed by atoms with E-state index in [4.69, 9.17) is 11.6 Å². The third kappa shape index (κ3) is 3.27. The fraction of sp³-hybridized carbons (Fsp3) is 0.211. The molecule has 0 unspecified atom stereocenters. The number of aliphatic hydroxyl groups is 1. The Morgan fingerprint density at radius 2 is 1.78 bits per heavy atom. The Kier molecular flexibility index (Phi) is 4.55. The van der Waals surface area contributed by atoms with Gasteiger partial charge in [-0.05, 0) is 12.1 Å².